The fraction of sp³-hybridized carbons (Fsp3) is 0.318. The van der Waals surface area contributed by atoms with Gasteiger partial charge in [0, 0.05) is 31.9 Å². The van der Waals surface area contributed by atoms with E-state index in [1.807, 2.05) is 0 Å². The second-order valence-electron chi connectivity index (χ2n) is 7.43. The fourth-order valence-corrected chi connectivity index (χ4v) is 5.09. The number of amides is 1. The number of nitrogens with one attached hydrogen (secondary N) is 1. The first-order valence-corrected chi connectivity index (χ1v) is 11.7. The van der Waals surface area contributed by atoms with E-state index in [4.69, 9.17) is 4.74 Å². The maximum atomic E-state index is 13.3. The molecule has 2 aromatic carbocycles. The third-order valence-corrected chi connectivity index (χ3v) is 7.19. The molecule has 0 radical (unpaired) electrons. The molecule has 1 N–H and O–H groups in total. The number of ether oxygens (including phenoxy) is 2. The molecule has 1 aliphatic rings. The molecule has 0 saturated carbocycles. The van der Waals surface area contributed by atoms with Crippen molar-refractivity contribution < 1.29 is 36.7 Å². The quantitative estimate of drug-likeness (QED) is 0.574. The Bertz CT molecular complexity index is 1180. The van der Waals surface area contributed by atoms with Gasteiger partial charge in [0.2, 0.25) is 15.9 Å². The van der Waals surface area contributed by atoms with Crippen LogP contribution in [0, 0.1) is 5.82 Å². The Balaban J connectivity index is 1.70. The third-order valence-electron chi connectivity index (χ3n) is 5.25. The number of sulfonamides is 1. The largest absolute Gasteiger partial charge is 0.465 e. The van der Waals surface area contributed by atoms with Crippen molar-refractivity contribution in [1.29, 1.82) is 0 Å². The van der Waals surface area contributed by atoms with E-state index in [1.165, 1.54) is 40.7 Å². The highest BCUT2D eigenvalue weighted by molar-refractivity contribution is 7.89. The molecular weight excluding hydrogens is 469 g/mol. The average molecular weight is 494 g/mol. The van der Waals surface area contributed by atoms with Crippen LogP contribution in [0.2, 0.25) is 0 Å². The highest BCUT2D eigenvalue weighted by Gasteiger charge is 2.33. The summed E-state index contributed by atoms with van der Waals surface area (Å²) in [6.07, 6.45) is 0. The number of nitrogens with zero attached hydrogens (tertiary/aromatic N) is 2. The summed E-state index contributed by atoms with van der Waals surface area (Å²) in [6.45, 7) is 0.682. The van der Waals surface area contributed by atoms with Crippen molar-refractivity contribution in [1.82, 2.24) is 9.21 Å². The van der Waals surface area contributed by atoms with Crippen LogP contribution in [0.25, 0.3) is 0 Å². The van der Waals surface area contributed by atoms with Crippen LogP contribution in [-0.2, 0) is 24.3 Å². The summed E-state index contributed by atoms with van der Waals surface area (Å²) >= 11 is 0. The number of carbonyl (C=O) groups excluding carboxylic acids is 3. The number of benzene rings is 2. The van der Waals surface area contributed by atoms with Crippen LogP contribution in [0.4, 0.5) is 10.1 Å². The minimum absolute atomic E-state index is 0.0233. The van der Waals surface area contributed by atoms with Gasteiger partial charge in [-0.3, -0.25) is 9.69 Å². The zero-order chi connectivity index (χ0) is 24.9. The standard InChI is InChI=1S/C22H24FN3O7S/c1-32-21(28)15-3-8-18(22(29)33-2)19(13-15)34(30,31)26-11-9-25(10-12-26)14-20(27)24-17-6-4-16(23)5-7-17/h3-8,13H,9-12,14H2,1-2H3,(H,24,27). The Kier molecular flexibility index (Phi) is 7.97. The van der Waals surface area contributed by atoms with E-state index in [9.17, 15) is 27.2 Å². The van der Waals surface area contributed by atoms with Crippen LogP contribution in [0.1, 0.15) is 20.7 Å². The van der Waals surface area contributed by atoms with Gasteiger partial charge in [0.25, 0.3) is 0 Å². The fourth-order valence-electron chi connectivity index (χ4n) is 3.46. The number of esters is 2. The molecule has 0 unspecified atom stereocenters. The molecule has 2 aromatic rings. The zero-order valence-corrected chi connectivity index (χ0v) is 19.4. The maximum absolute atomic E-state index is 13.3. The summed E-state index contributed by atoms with van der Waals surface area (Å²) in [6, 6.07) is 8.94. The molecule has 1 fully saturated rings. The maximum Gasteiger partial charge on any atom is 0.339 e. The van der Waals surface area contributed by atoms with Crippen LogP contribution >= 0.6 is 0 Å². The molecule has 0 spiro atoms. The van der Waals surface area contributed by atoms with Crippen molar-refractivity contribution >= 4 is 33.6 Å². The molecule has 1 amide bonds. The molecule has 0 aliphatic carbocycles. The second-order valence-corrected chi connectivity index (χ2v) is 9.34. The van der Waals surface area contributed by atoms with Gasteiger partial charge in [-0.1, -0.05) is 0 Å². The van der Waals surface area contributed by atoms with E-state index in [1.54, 1.807) is 4.90 Å². The second kappa shape index (κ2) is 10.7. The lowest BCUT2D eigenvalue weighted by atomic mass is 10.1. The smallest absolute Gasteiger partial charge is 0.339 e. The molecule has 3 rings (SSSR count). The van der Waals surface area contributed by atoms with Crippen molar-refractivity contribution in [2.75, 3.05) is 52.3 Å². The number of piperazine rings is 1. The first-order valence-electron chi connectivity index (χ1n) is 10.2. The van der Waals surface area contributed by atoms with E-state index >= 15 is 0 Å². The highest BCUT2D eigenvalue weighted by atomic mass is 32.2. The lowest BCUT2D eigenvalue weighted by molar-refractivity contribution is -0.117. The Hall–Kier alpha value is -3.35. The number of anilines is 1. The molecule has 0 atom stereocenters. The van der Waals surface area contributed by atoms with Crippen LogP contribution in [-0.4, -0.2) is 82.4 Å². The minimum Gasteiger partial charge on any atom is -0.465 e. The van der Waals surface area contributed by atoms with Gasteiger partial charge in [0.05, 0.1) is 36.8 Å². The van der Waals surface area contributed by atoms with Gasteiger partial charge in [-0.15, -0.1) is 0 Å². The first kappa shape index (κ1) is 25.3. The predicted molar refractivity (Wildman–Crippen MR) is 119 cm³/mol. The summed E-state index contributed by atoms with van der Waals surface area (Å²) in [4.78, 5) is 37.8. The van der Waals surface area contributed by atoms with E-state index in [0.717, 1.165) is 20.3 Å². The molecule has 1 aliphatic heterocycles. The molecule has 34 heavy (non-hydrogen) atoms. The van der Waals surface area contributed by atoms with Gasteiger partial charge in [0.15, 0.2) is 0 Å². The number of halogens is 1. The molecular formula is C22H24FN3O7S. The summed E-state index contributed by atoms with van der Waals surface area (Å²) in [5.74, 6) is -2.33. The Morgan fingerprint density at radius 2 is 1.56 bits per heavy atom. The van der Waals surface area contributed by atoms with Gasteiger partial charge in [0.1, 0.15) is 5.82 Å². The van der Waals surface area contributed by atoms with Gasteiger partial charge >= 0.3 is 11.9 Å². The Morgan fingerprint density at radius 3 is 2.15 bits per heavy atom. The molecule has 10 nitrogen and oxygen atoms in total. The number of hydrogen-bond donors (Lipinski definition) is 1. The van der Waals surface area contributed by atoms with E-state index in [0.29, 0.717) is 5.69 Å². The van der Waals surface area contributed by atoms with Crippen LogP contribution in [0.5, 0.6) is 0 Å². The van der Waals surface area contributed by atoms with E-state index in [2.05, 4.69) is 10.1 Å². The van der Waals surface area contributed by atoms with Crippen LogP contribution in [0.3, 0.4) is 0 Å². The van der Waals surface area contributed by atoms with Crippen molar-refractivity contribution in [3.63, 3.8) is 0 Å². The average Bonchev–Trinajstić information content (AvgIpc) is 2.84. The number of rotatable bonds is 7. The summed E-state index contributed by atoms with van der Waals surface area (Å²) in [5, 5.41) is 2.66. The Morgan fingerprint density at radius 1 is 0.941 bits per heavy atom. The topological polar surface area (TPSA) is 122 Å². The van der Waals surface area contributed by atoms with Crippen molar-refractivity contribution in [3.05, 3.63) is 59.4 Å². The number of methoxy groups -OCH3 is 2. The minimum atomic E-state index is -4.15. The summed E-state index contributed by atoms with van der Waals surface area (Å²) in [7, 11) is -1.86. The predicted octanol–water partition coefficient (Wildman–Crippen LogP) is 1.34. The van der Waals surface area contributed by atoms with Gasteiger partial charge in [-0.25, -0.2) is 22.4 Å². The third kappa shape index (κ3) is 5.76. The summed E-state index contributed by atoms with van der Waals surface area (Å²) < 4.78 is 50.2. The van der Waals surface area contributed by atoms with Gasteiger partial charge in [-0.05, 0) is 42.5 Å². The zero-order valence-electron chi connectivity index (χ0n) is 18.6. The van der Waals surface area contributed by atoms with Crippen molar-refractivity contribution in [3.8, 4) is 0 Å². The van der Waals surface area contributed by atoms with Crippen LogP contribution in [0.15, 0.2) is 47.4 Å². The first-order chi connectivity index (χ1) is 16.1. The monoisotopic (exact) mass is 493 g/mol. The number of carbonyl (C=O) groups is 3. The molecule has 12 heteroatoms. The molecule has 0 aromatic heterocycles. The van der Waals surface area contributed by atoms with Gasteiger partial charge in [-0.2, -0.15) is 4.31 Å². The highest BCUT2D eigenvalue weighted by Crippen LogP contribution is 2.24. The summed E-state index contributed by atoms with van der Waals surface area (Å²) in [5.41, 5.74) is 0.231. The Labute approximate surface area is 196 Å². The molecule has 0 bridgehead atoms. The lowest BCUT2D eigenvalue weighted by Gasteiger charge is -2.33. The molecule has 1 saturated heterocycles. The number of hydrogen-bond acceptors (Lipinski definition) is 8. The lowest BCUT2D eigenvalue weighted by Crippen LogP contribution is -2.50. The van der Waals surface area contributed by atoms with E-state index in [-0.39, 0.29) is 54.7 Å². The SMILES string of the molecule is COC(=O)c1ccc(C(=O)OC)c(S(=O)(=O)N2CCN(CC(=O)Nc3ccc(F)cc3)CC2)c1. The molecule has 1 heterocycles. The van der Waals surface area contributed by atoms with Gasteiger partial charge < -0.3 is 14.8 Å². The normalized spacial score (nSPS) is 14.9. The van der Waals surface area contributed by atoms with Crippen molar-refractivity contribution in [2.24, 2.45) is 0 Å². The van der Waals surface area contributed by atoms with Crippen molar-refractivity contribution in [2.45, 2.75) is 4.90 Å². The van der Waals surface area contributed by atoms with Crippen LogP contribution < -0.4 is 5.32 Å². The van der Waals surface area contributed by atoms with E-state index < -0.39 is 27.8 Å². The molecule has 182 valence electrons.